The Labute approximate surface area is 122 Å². The number of halogens is 1. The van der Waals surface area contributed by atoms with Crippen molar-refractivity contribution < 1.29 is 13.9 Å². The van der Waals surface area contributed by atoms with Crippen molar-refractivity contribution >= 4 is 23.2 Å². The summed E-state index contributed by atoms with van der Waals surface area (Å²) in [6, 6.07) is 6.05. The van der Waals surface area contributed by atoms with E-state index in [9.17, 15) is 9.18 Å². The van der Waals surface area contributed by atoms with Gasteiger partial charge in [-0.05, 0) is 45.1 Å². The molecule has 0 aliphatic rings. The number of hydrazine groups is 1. The summed E-state index contributed by atoms with van der Waals surface area (Å²) in [5, 5.41) is 3.20. The molecule has 1 rings (SSSR count). The van der Waals surface area contributed by atoms with Gasteiger partial charge in [0.05, 0.1) is 0 Å². The quantitative estimate of drug-likeness (QED) is 0.581. The average molecular weight is 299 g/mol. The van der Waals surface area contributed by atoms with Gasteiger partial charge in [0.1, 0.15) is 0 Å². The van der Waals surface area contributed by atoms with Crippen LogP contribution >= 0.6 is 12.2 Å². The van der Waals surface area contributed by atoms with E-state index in [1.807, 2.05) is 13.8 Å². The number of amides is 1. The first-order valence-corrected chi connectivity index (χ1v) is 6.58. The first kappa shape index (κ1) is 16.2. The zero-order chi connectivity index (χ0) is 15.1. The molecule has 0 aliphatic carbocycles. The number of hydrogen-bond acceptors (Lipinski definition) is 3. The summed E-state index contributed by atoms with van der Waals surface area (Å²) in [7, 11) is 0. The van der Waals surface area contributed by atoms with Gasteiger partial charge in [0.25, 0.3) is 5.91 Å². The van der Waals surface area contributed by atoms with E-state index in [1.165, 1.54) is 19.1 Å². The minimum absolute atomic E-state index is 0.0260. The normalized spacial score (nSPS) is 11.7. The fraction of sp³-hybridized carbons (Fsp3) is 0.385. The Morgan fingerprint density at radius 1 is 1.25 bits per heavy atom. The number of rotatable bonds is 4. The van der Waals surface area contributed by atoms with E-state index < -0.39 is 17.8 Å². The smallest absolute Gasteiger partial charge is 0.279 e. The Kier molecular flexibility index (Phi) is 6.17. The second-order valence-electron chi connectivity index (χ2n) is 4.43. The van der Waals surface area contributed by atoms with Crippen LogP contribution in [0.5, 0.6) is 5.75 Å². The Morgan fingerprint density at radius 2 is 1.90 bits per heavy atom. The van der Waals surface area contributed by atoms with Gasteiger partial charge in [-0.3, -0.25) is 15.6 Å². The molecule has 1 aromatic carbocycles. The third kappa shape index (κ3) is 5.40. The van der Waals surface area contributed by atoms with Crippen LogP contribution in [0.25, 0.3) is 0 Å². The number of nitrogens with one attached hydrogen (secondary N) is 3. The number of hydrogen-bond donors (Lipinski definition) is 3. The van der Waals surface area contributed by atoms with Gasteiger partial charge in [-0.15, -0.1) is 0 Å². The van der Waals surface area contributed by atoms with Crippen LogP contribution in [-0.2, 0) is 4.79 Å². The summed E-state index contributed by atoms with van der Waals surface area (Å²) in [6.07, 6.45) is -0.860. The predicted octanol–water partition coefficient (Wildman–Crippen LogP) is 1.50. The van der Waals surface area contributed by atoms with Crippen LogP contribution in [0, 0.1) is 5.82 Å². The highest BCUT2D eigenvalue weighted by Gasteiger charge is 2.16. The molecule has 0 radical (unpaired) electrons. The van der Waals surface area contributed by atoms with Crippen LogP contribution in [0.3, 0.4) is 0 Å². The molecule has 0 saturated carbocycles. The summed E-state index contributed by atoms with van der Waals surface area (Å²) in [6.45, 7) is 5.35. The zero-order valence-electron chi connectivity index (χ0n) is 11.6. The number of ether oxygens (including phenoxy) is 1. The topological polar surface area (TPSA) is 62.4 Å². The molecule has 0 unspecified atom stereocenters. The molecule has 0 heterocycles. The lowest BCUT2D eigenvalue weighted by Gasteiger charge is -2.17. The molecule has 1 aromatic rings. The van der Waals surface area contributed by atoms with E-state index in [0.29, 0.717) is 5.11 Å². The van der Waals surface area contributed by atoms with Crippen LogP contribution in [-0.4, -0.2) is 23.2 Å². The summed E-state index contributed by atoms with van der Waals surface area (Å²) in [5.41, 5.74) is 4.93. The molecule has 5 nitrogen and oxygen atoms in total. The van der Waals surface area contributed by atoms with Crippen LogP contribution in [0.2, 0.25) is 0 Å². The summed E-state index contributed by atoms with van der Waals surface area (Å²) in [4.78, 5) is 11.7. The van der Waals surface area contributed by atoms with Crippen molar-refractivity contribution in [3.05, 3.63) is 30.1 Å². The van der Waals surface area contributed by atoms with Gasteiger partial charge in [0.2, 0.25) is 0 Å². The van der Waals surface area contributed by atoms with Gasteiger partial charge in [0.15, 0.2) is 22.8 Å². The Balaban J connectivity index is 2.44. The van der Waals surface area contributed by atoms with E-state index in [1.54, 1.807) is 12.1 Å². The summed E-state index contributed by atoms with van der Waals surface area (Å²) < 4.78 is 18.6. The SMILES string of the molecule is CC(C)NC(=S)NNC(=O)[C@H](C)Oc1ccccc1F. The highest BCUT2D eigenvalue weighted by atomic mass is 32.1. The second-order valence-corrected chi connectivity index (χ2v) is 4.84. The van der Waals surface area contributed by atoms with E-state index in [0.717, 1.165) is 0 Å². The summed E-state index contributed by atoms with van der Waals surface area (Å²) in [5.74, 6) is -0.948. The lowest BCUT2D eigenvalue weighted by molar-refractivity contribution is -0.127. The maximum Gasteiger partial charge on any atom is 0.279 e. The molecule has 0 aliphatic heterocycles. The molecule has 0 spiro atoms. The molecule has 20 heavy (non-hydrogen) atoms. The number of carbonyl (C=O) groups is 1. The Bertz CT molecular complexity index is 482. The van der Waals surface area contributed by atoms with Gasteiger partial charge in [-0.25, -0.2) is 4.39 Å². The number of benzene rings is 1. The fourth-order valence-corrected chi connectivity index (χ4v) is 1.59. The van der Waals surface area contributed by atoms with Gasteiger partial charge in [-0.2, -0.15) is 0 Å². The first-order chi connectivity index (χ1) is 9.40. The molecule has 0 saturated heterocycles. The molecule has 1 amide bonds. The van der Waals surface area contributed by atoms with Crippen molar-refractivity contribution in [3.8, 4) is 5.75 Å². The van der Waals surface area contributed by atoms with Crippen molar-refractivity contribution in [3.63, 3.8) is 0 Å². The summed E-state index contributed by atoms with van der Waals surface area (Å²) >= 11 is 4.95. The van der Waals surface area contributed by atoms with Crippen molar-refractivity contribution in [2.24, 2.45) is 0 Å². The standard InChI is InChI=1S/C13H18FN3O2S/c1-8(2)15-13(20)17-16-12(18)9(3)19-11-7-5-4-6-10(11)14/h4-9H,1-3H3,(H,16,18)(H2,15,17,20)/t9-/m0/s1. The molecule has 0 bridgehead atoms. The molecule has 7 heteroatoms. The first-order valence-electron chi connectivity index (χ1n) is 6.17. The largest absolute Gasteiger partial charge is 0.478 e. The maximum atomic E-state index is 13.4. The van der Waals surface area contributed by atoms with E-state index in [2.05, 4.69) is 16.2 Å². The minimum atomic E-state index is -0.860. The number of thiocarbonyl (C=S) groups is 1. The van der Waals surface area contributed by atoms with Crippen LogP contribution in [0.15, 0.2) is 24.3 Å². The van der Waals surface area contributed by atoms with Crippen molar-refractivity contribution in [1.82, 2.24) is 16.2 Å². The lowest BCUT2D eigenvalue weighted by atomic mass is 10.3. The van der Waals surface area contributed by atoms with Gasteiger partial charge >= 0.3 is 0 Å². The van der Waals surface area contributed by atoms with Gasteiger partial charge < -0.3 is 10.1 Å². The molecule has 110 valence electrons. The number of para-hydroxylation sites is 1. The average Bonchev–Trinajstić information content (AvgIpc) is 2.37. The number of carbonyl (C=O) groups excluding carboxylic acids is 1. The Morgan fingerprint density at radius 3 is 2.50 bits per heavy atom. The highest BCUT2D eigenvalue weighted by Crippen LogP contribution is 2.16. The third-order valence-corrected chi connectivity index (χ3v) is 2.45. The van der Waals surface area contributed by atoms with E-state index in [-0.39, 0.29) is 11.8 Å². The second kappa shape index (κ2) is 7.64. The van der Waals surface area contributed by atoms with Crippen LogP contribution < -0.4 is 20.9 Å². The maximum absolute atomic E-state index is 13.4. The van der Waals surface area contributed by atoms with Crippen molar-refractivity contribution in [2.45, 2.75) is 32.9 Å². The minimum Gasteiger partial charge on any atom is -0.478 e. The zero-order valence-corrected chi connectivity index (χ0v) is 12.4. The molecule has 0 fully saturated rings. The van der Waals surface area contributed by atoms with Crippen LogP contribution in [0.1, 0.15) is 20.8 Å². The highest BCUT2D eigenvalue weighted by molar-refractivity contribution is 7.80. The monoisotopic (exact) mass is 299 g/mol. The molecule has 0 aromatic heterocycles. The molecule has 1 atom stereocenters. The van der Waals surface area contributed by atoms with Crippen molar-refractivity contribution in [2.75, 3.05) is 0 Å². The predicted molar refractivity (Wildman–Crippen MR) is 78.6 cm³/mol. The lowest BCUT2D eigenvalue weighted by Crippen LogP contribution is -2.51. The van der Waals surface area contributed by atoms with E-state index >= 15 is 0 Å². The van der Waals surface area contributed by atoms with Crippen molar-refractivity contribution in [1.29, 1.82) is 0 Å². The fourth-order valence-electron chi connectivity index (χ4n) is 1.30. The Hall–Kier alpha value is -1.89. The van der Waals surface area contributed by atoms with Gasteiger partial charge in [-0.1, -0.05) is 12.1 Å². The molecule has 3 N–H and O–H groups in total. The molecular formula is C13H18FN3O2S. The molecular weight excluding hydrogens is 281 g/mol. The van der Waals surface area contributed by atoms with E-state index in [4.69, 9.17) is 17.0 Å². The van der Waals surface area contributed by atoms with Gasteiger partial charge in [0, 0.05) is 6.04 Å². The third-order valence-electron chi connectivity index (χ3n) is 2.23. The van der Waals surface area contributed by atoms with Crippen LogP contribution in [0.4, 0.5) is 4.39 Å².